The van der Waals surface area contributed by atoms with Crippen LogP contribution < -0.4 is 18.9 Å². The average Bonchev–Trinajstić information content (AvgIpc) is 3.26. The molecule has 1 N–H and O–H groups in total. The predicted octanol–water partition coefficient (Wildman–Crippen LogP) is 5.31. The molecule has 37 heavy (non-hydrogen) atoms. The van der Waals surface area contributed by atoms with Crippen molar-refractivity contribution in [1.82, 2.24) is 0 Å². The second-order valence-electron chi connectivity index (χ2n) is 8.81. The Labute approximate surface area is 216 Å². The maximum Gasteiger partial charge on any atom is 0.316 e. The van der Waals surface area contributed by atoms with Crippen molar-refractivity contribution in [2.75, 3.05) is 28.4 Å². The molecule has 0 bridgehead atoms. The van der Waals surface area contributed by atoms with Crippen LogP contribution in [0.1, 0.15) is 47.1 Å². The monoisotopic (exact) mass is 508 g/mol. The molecule has 0 fully saturated rings. The van der Waals surface area contributed by atoms with Crippen molar-refractivity contribution in [3.63, 3.8) is 0 Å². The first kappa shape index (κ1) is 26.3. The first-order chi connectivity index (χ1) is 17.9. The van der Waals surface area contributed by atoms with Crippen LogP contribution in [-0.2, 0) is 20.9 Å². The molecule has 1 heterocycles. The molecule has 0 spiro atoms. The van der Waals surface area contributed by atoms with E-state index in [0.717, 1.165) is 16.7 Å². The van der Waals surface area contributed by atoms with Crippen LogP contribution >= 0.6 is 0 Å². The van der Waals surface area contributed by atoms with E-state index in [0.29, 0.717) is 35.2 Å². The van der Waals surface area contributed by atoms with E-state index in [1.165, 1.54) is 21.3 Å². The Bertz CT molecular complexity index is 1220. The highest BCUT2D eigenvalue weighted by Crippen LogP contribution is 2.52. The second-order valence-corrected chi connectivity index (χ2v) is 8.81. The van der Waals surface area contributed by atoms with Crippen LogP contribution in [0.5, 0.6) is 23.0 Å². The molecule has 3 aromatic carbocycles. The summed E-state index contributed by atoms with van der Waals surface area (Å²) in [5.41, 5.74) is 3.32. The highest BCUT2D eigenvalue weighted by Gasteiger charge is 2.38. The van der Waals surface area contributed by atoms with Crippen molar-refractivity contribution in [3.05, 3.63) is 82.9 Å². The number of benzene rings is 3. The lowest BCUT2D eigenvalue weighted by atomic mass is 9.89. The van der Waals surface area contributed by atoms with Crippen molar-refractivity contribution in [1.29, 1.82) is 0 Å². The largest absolute Gasteiger partial charge is 0.493 e. The van der Waals surface area contributed by atoms with E-state index in [9.17, 15) is 9.90 Å². The third-order valence-corrected chi connectivity index (χ3v) is 6.63. The van der Waals surface area contributed by atoms with E-state index in [-0.39, 0.29) is 12.0 Å². The van der Waals surface area contributed by atoms with E-state index >= 15 is 0 Å². The van der Waals surface area contributed by atoms with Crippen LogP contribution in [0.25, 0.3) is 0 Å². The van der Waals surface area contributed by atoms with Gasteiger partial charge in [0.15, 0.2) is 29.3 Å². The smallest absolute Gasteiger partial charge is 0.316 e. The fraction of sp³-hybridized carbons (Fsp3) is 0.345. The van der Waals surface area contributed by atoms with Crippen molar-refractivity contribution in [2.24, 2.45) is 0 Å². The molecule has 0 saturated carbocycles. The summed E-state index contributed by atoms with van der Waals surface area (Å²) in [7, 11) is 5.96. The zero-order chi connectivity index (χ0) is 26.5. The molecule has 1 unspecified atom stereocenters. The van der Waals surface area contributed by atoms with Gasteiger partial charge in [-0.2, -0.15) is 0 Å². The number of ether oxygens (including phenoxy) is 6. The Morgan fingerprint density at radius 3 is 2.24 bits per heavy atom. The van der Waals surface area contributed by atoms with E-state index < -0.39 is 18.2 Å². The third kappa shape index (κ3) is 5.35. The summed E-state index contributed by atoms with van der Waals surface area (Å²) in [5.74, 6) is 0.0739. The van der Waals surface area contributed by atoms with Gasteiger partial charge in [0.25, 0.3) is 0 Å². The zero-order valence-electron chi connectivity index (χ0n) is 21.6. The minimum absolute atomic E-state index is 0.0948. The number of carboxylic acid groups (broad SMARTS) is 1. The summed E-state index contributed by atoms with van der Waals surface area (Å²) in [6, 6.07) is 19.2. The number of carboxylic acids is 1. The van der Waals surface area contributed by atoms with E-state index in [1.807, 2.05) is 61.5 Å². The van der Waals surface area contributed by atoms with Crippen LogP contribution in [0.15, 0.2) is 60.7 Å². The maximum atomic E-state index is 12.1. The molecule has 0 saturated heterocycles. The van der Waals surface area contributed by atoms with Gasteiger partial charge >= 0.3 is 5.97 Å². The van der Waals surface area contributed by atoms with Gasteiger partial charge in [0.1, 0.15) is 18.6 Å². The molecular weight excluding hydrogens is 476 g/mol. The Morgan fingerprint density at radius 2 is 1.62 bits per heavy atom. The van der Waals surface area contributed by atoms with Gasteiger partial charge in [-0.1, -0.05) is 49.4 Å². The summed E-state index contributed by atoms with van der Waals surface area (Å²) in [6.07, 6.45) is -1.29. The highest BCUT2D eigenvalue weighted by atomic mass is 16.7. The van der Waals surface area contributed by atoms with Gasteiger partial charge in [0.05, 0.1) is 14.2 Å². The number of aliphatic carboxylic acids is 1. The Balaban J connectivity index is 1.63. The SMILES string of the molecule is COc1cc([C@@H]2Oc3c(OC)cc(C(C(=O)O)C(OC)OC)cc3[C@H]2C)ccc1OCc1ccccc1. The van der Waals surface area contributed by atoms with E-state index in [1.54, 1.807) is 13.2 Å². The standard InChI is InChI=1S/C29H32O8/c1-17-21-13-20(25(28(30)31)29(34-4)35-5)15-24(33-3)27(21)37-26(17)19-11-12-22(23(14-19)32-2)36-16-18-9-7-6-8-10-18/h6-15,17,25-26,29H,16H2,1-5H3,(H,30,31)/t17-,25?,26-/m1/s1. The molecule has 3 atom stereocenters. The van der Waals surface area contributed by atoms with Crippen LogP contribution in [0.3, 0.4) is 0 Å². The Kier molecular flexibility index (Phi) is 8.21. The number of methoxy groups -OCH3 is 4. The number of fused-ring (bicyclic) bond motifs is 1. The minimum atomic E-state index is -1.06. The summed E-state index contributed by atoms with van der Waals surface area (Å²) in [5, 5.41) is 9.91. The van der Waals surface area contributed by atoms with Gasteiger partial charge in [-0.05, 0) is 34.9 Å². The van der Waals surface area contributed by atoms with Gasteiger partial charge < -0.3 is 33.5 Å². The van der Waals surface area contributed by atoms with Gasteiger partial charge in [0, 0.05) is 25.7 Å². The summed E-state index contributed by atoms with van der Waals surface area (Å²) >= 11 is 0. The van der Waals surface area contributed by atoms with Gasteiger partial charge in [-0.3, -0.25) is 4.79 Å². The minimum Gasteiger partial charge on any atom is -0.493 e. The predicted molar refractivity (Wildman–Crippen MR) is 137 cm³/mol. The number of rotatable bonds is 11. The third-order valence-electron chi connectivity index (χ3n) is 6.63. The maximum absolute atomic E-state index is 12.1. The average molecular weight is 509 g/mol. The number of hydrogen-bond acceptors (Lipinski definition) is 7. The van der Waals surface area contributed by atoms with Crippen LogP contribution in [-0.4, -0.2) is 45.8 Å². The zero-order valence-corrected chi connectivity index (χ0v) is 21.6. The normalized spacial score (nSPS) is 17.1. The summed E-state index contributed by atoms with van der Waals surface area (Å²) < 4.78 is 34.1. The van der Waals surface area contributed by atoms with E-state index in [2.05, 4.69) is 0 Å². The molecule has 4 rings (SSSR count). The summed E-state index contributed by atoms with van der Waals surface area (Å²) in [6.45, 7) is 2.46. The topological polar surface area (TPSA) is 92.7 Å². The highest BCUT2D eigenvalue weighted by molar-refractivity contribution is 5.77. The quantitative estimate of drug-likeness (QED) is 0.349. The molecule has 0 radical (unpaired) electrons. The molecule has 3 aromatic rings. The Hall–Kier alpha value is -3.75. The van der Waals surface area contributed by atoms with Crippen molar-refractivity contribution >= 4 is 5.97 Å². The lowest BCUT2D eigenvalue weighted by Gasteiger charge is -2.22. The van der Waals surface area contributed by atoms with Gasteiger partial charge in [-0.15, -0.1) is 0 Å². The van der Waals surface area contributed by atoms with Crippen molar-refractivity contribution < 1.29 is 38.3 Å². The molecule has 0 aromatic heterocycles. The van der Waals surface area contributed by atoms with Crippen LogP contribution in [0.2, 0.25) is 0 Å². The van der Waals surface area contributed by atoms with Crippen molar-refractivity contribution in [2.45, 2.75) is 37.8 Å². The van der Waals surface area contributed by atoms with Gasteiger partial charge in [0.2, 0.25) is 0 Å². The first-order valence-electron chi connectivity index (χ1n) is 11.9. The molecule has 1 aliphatic rings. The molecular formula is C29H32O8. The van der Waals surface area contributed by atoms with Crippen LogP contribution in [0, 0.1) is 0 Å². The Morgan fingerprint density at radius 1 is 0.919 bits per heavy atom. The molecule has 8 heteroatoms. The van der Waals surface area contributed by atoms with E-state index in [4.69, 9.17) is 28.4 Å². The lowest BCUT2D eigenvalue weighted by Crippen LogP contribution is -2.29. The van der Waals surface area contributed by atoms with Crippen molar-refractivity contribution in [3.8, 4) is 23.0 Å². The lowest BCUT2D eigenvalue weighted by molar-refractivity contribution is -0.160. The van der Waals surface area contributed by atoms with Crippen LogP contribution in [0.4, 0.5) is 0 Å². The fourth-order valence-electron chi connectivity index (χ4n) is 4.69. The molecule has 196 valence electrons. The number of carbonyl (C=O) groups is 1. The molecule has 0 amide bonds. The molecule has 0 aliphatic carbocycles. The summed E-state index contributed by atoms with van der Waals surface area (Å²) in [4.78, 5) is 12.1. The molecule has 8 nitrogen and oxygen atoms in total. The first-order valence-corrected chi connectivity index (χ1v) is 11.9. The fourth-order valence-corrected chi connectivity index (χ4v) is 4.69. The molecule has 1 aliphatic heterocycles. The number of hydrogen-bond donors (Lipinski definition) is 1. The second kappa shape index (κ2) is 11.5. The van der Waals surface area contributed by atoms with Gasteiger partial charge in [-0.25, -0.2) is 0 Å².